The Balaban J connectivity index is 1.59. The van der Waals surface area contributed by atoms with E-state index in [1.807, 2.05) is 48.3 Å². The van der Waals surface area contributed by atoms with Gasteiger partial charge in [0.25, 0.3) is 0 Å². The summed E-state index contributed by atoms with van der Waals surface area (Å²) in [5, 5.41) is 0. The Morgan fingerprint density at radius 1 is 1.23 bits per heavy atom. The molecule has 0 N–H and O–H groups in total. The fourth-order valence-electron chi connectivity index (χ4n) is 4.46. The van der Waals surface area contributed by atoms with Crippen molar-refractivity contribution >= 4 is 11.7 Å². The zero-order valence-corrected chi connectivity index (χ0v) is 18.8. The van der Waals surface area contributed by atoms with Gasteiger partial charge in [0.05, 0.1) is 18.3 Å². The second kappa shape index (κ2) is 9.56. The minimum Gasteiger partial charge on any atom is -0.350 e. The van der Waals surface area contributed by atoms with Crippen LogP contribution in [0.1, 0.15) is 48.1 Å². The molecule has 0 saturated carbocycles. The average molecular weight is 421 g/mol. The van der Waals surface area contributed by atoms with E-state index in [-0.39, 0.29) is 11.9 Å². The fourth-order valence-corrected chi connectivity index (χ4v) is 4.46. The number of aromatic nitrogens is 3. The lowest BCUT2D eigenvalue weighted by molar-refractivity contribution is -0.127. The van der Waals surface area contributed by atoms with E-state index < -0.39 is 0 Å². The van der Waals surface area contributed by atoms with Crippen LogP contribution in [0.25, 0.3) is 0 Å². The molecule has 0 aliphatic carbocycles. The van der Waals surface area contributed by atoms with Crippen LogP contribution in [-0.2, 0) is 17.8 Å². The molecule has 2 aromatic heterocycles. The first-order chi connectivity index (χ1) is 15.0. The van der Waals surface area contributed by atoms with Crippen molar-refractivity contribution in [3.8, 4) is 0 Å². The fraction of sp³-hybridized carbons (Fsp3) is 0.500. The molecule has 2 aromatic rings. The SMILES string of the molecule is Cc1nc(C2CCCN2C(=O)/C=C/CN(C)C)nc2c1CCCN2Cc1ccccn1. The highest BCUT2D eigenvalue weighted by atomic mass is 16.2. The first-order valence-corrected chi connectivity index (χ1v) is 11.2. The highest BCUT2D eigenvalue weighted by Gasteiger charge is 2.33. The van der Waals surface area contributed by atoms with Gasteiger partial charge >= 0.3 is 0 Å². The second-order valence-electron chi connectivity index (χ2n) is 8.67. The van der Waals surface area contributed by atoms with Gasteiger partial charge in [-0.2, -0.15) is 0 Å². The van der Waals surface area contributed by atoms with Gasteiger partial charge in [-0.25, -0.2) is 9.97 Å². The van der Waals surface area contributed by atoms with Gasteiger partial charge in [0.15, 0.2) is 5.82 Å². The van der Waals surface area contributed by atoms with Crippen LogP contribution in [0, 0.1) is 6.92 Å². The van der Waals surface area contributed by atoms with Crippen molar-refractivity contribution in [2.24, 2.45) is 0 Å². The largest absolute Gasteiger partial charge is 0.350 e. The van der Waals surface area contributed by atoms with E-state index in [0.717, 1.165) is 74.9 Å². The molecule has 1 unspecified atom stereocenters. The Morgan fingerprint density at radius 2 is 2.10 bits per heavy atom. The molecule has 1 atom stereocenters. The van der Waals surface area contributed by atoms with Gasteiger partial charge in [-0.3, -0.25) is 9.78 Å². The number of carbonyl (C=O) groups excluding carboxylic acids is 1. The minimum atomic E-state index is -0.0564. The quantitative estimate of drug-likeness (QED) is 0.670. The maximum atomic E-state index is 12.8. The van der Waals surface area contributed by atoms with Crippen LogP contribution >= 0.6 is 0 Å². The van der Waals surface area contributed by atoms with E-state index in [2.05, 4.69) is 22.9 Å². The monoisotopic (exact) mass is 420 g/mol. The Morgan fingerprint density at radius 3 is 2.87 bits per heavy atom. The lowest BCUT2D eigenvalue weighted by atomic mass is 10.0. The minimum absolute atomic E-state index is 0.0497. The van der Waals surface area contributed by atoms with Gasteiger partial charge in [-0.1, -0.05) is 12.1 Å². The second-order valence-corrected chi connectivity index (χ2v) is 8.67. The Bertz CT molecular complexity index is 943. The predicted octanol–water partition coefficient (Wildman–Crippen LogP) is 2.91. The number of amides is 1. The summed E-state index contributed by atoms with van der Waals surface area (Å²) in [6.07, 6.45) is 9.43. The lowest BCUT2D eigenvalue weighted by Crippen LogP contribution is -2.34. The molecular weight excluding hydrogens is 388 g/mol. The number of likely N-dealkylation sites (tertiary alicyclic amines) is 1. The van der Waals surface area contributed by atoms with Crippen LogP contribution in [0.4, 0.5) is 5.82 Å². The molecule has 0 aromatic carbocycles. The third kappa shape index (κ3) is 4.93. The molecule has 2 aliphatic rings. The van der Waals surface area contributed by atoms with Crippen LogP contribution in [0.3, 0.4) is 0 Å². The number of rotatable bonds is 6. The molecule has 4 rings (SSSR count). The summed E-state index contributed by atoms with van der Waals surface area (Å²) in [6.45, 7) is 5.28. The van der Waals surface area contributed by atoms with Gasteiger partial charge in [0.1, 0.15) is 5.82 Å². The van der Waals surface area contributed by atoms with Crippen molar-refractivity contribution in [3.05, 3.63) is 59.3 Å². The summed E-state index contributed by atoms with van der Waals surface area (Å²) in [6, 6.07) is 5.96. The highest BCUT2D eigenvalue weighted by molar-refractivity contribution is 5.88. The van der Waals surface area contributed by atoms with E-state index in [0.29, 0.717) is 0 Å². The van der Waals surface area contributed by atoms with E-state index in [9.17, 15) is 4.79 Å². The average Bonchev–Trinajstić information content (AvgIpc) is 3.25. The smallest absolute Gasteiger partial charge is 0.246 e. The molecule has 2 aliphatic heterocycles. The van der Waals surface area contributed by atoms with Gasteiger partial charge in [-0.05, 0) is 58.8 Å². The van der Waals surface area contributed by atoms with E-state index in [1.165, 1.54) is 5.56 Å². The summed E-state index contributed by atoms with van der Waals surface area (Å²) in [5.41, 5.74) is 3.30. The molecule has 4 heterocycles. The number of pyridine rings is 1. The molecule has 1 saturated heterocycles. The summed E-state index contributed by atoms with van der Waals surface area (Å²) < 4.78 is 0. The first-order valence-electron chi connectivity index (χ1n) is 11.2. The number of hydrogen-bond acceptors (Lipinski definition) is 6. The number of fused-ring (bicyclic) bond motifs is 1. The van der Waals surface area contributed by atoms with Crippen molar-refractivity contribution in [3.63, 3.8) is 0 Å². The zero-order valence-electron chi connectivity index (χ0n) is 18.8. The predicted molar refractivity (Wildman–Crippen MR) is 122 cm³/mol. The van der Waals surface area contributed by atoms with Crippen LogP contribution in [-0.4, -0.2) is 64.4 Å². The third-order valence-corrected chi connectivity index (χ3v) is 6.01. The normalized spacial score (nSPS) is 18.8. The van der Waals surface area contributed by atoms with Crippen LogP contribution in [0.5, 0.6) is 0 Å². The van der Waals surface area contributed by atoms with Crippen molar-refractivity contribution in [2.75, 3.05) is 38.6 Å². The number of hydrogen-bond donors (Lipinski definition) is 0. The number of nitrogens with zero attached hydrogens (tertiary/aromatic N) is 6. The summed E-state index contributed by atoms with van der Waals surface area (Å²) in [7, 11) is 3.99. The molecule has 0 spiro atoms. The standard InChI is InChI=1S/C24H32N6O/c1-18-20-10-6-15-29(17-19-9-4-5-13-25-19)24(20)27-23(26-18)21-11-7-16-30(21)22(31)12-8-14-28(2)3/h4-5,8-9,12-13,21H,6-7,10-11,14-17H2,1-3H3/b12-8+. The topological polar surface area (TPSA) is 65.5 Å². The molecule has 1 amide bonds. The molecule has 31 heavy (non-hydrogen) atoms. The molecule has 0 radical (unpaired) electrons. The van der Waals surface area contributed by atoms with E-state index in [1.54, 1.807) is 6.08 Å². The van der Waals surface area contributed by atoms with Crippen molar-refractivity contribution in [1.29, 1.82) is 0 Å². The summed E-state index contributed by atoms with van der Waals surface area (Å²) in [5.74, 6) is 1.84. The Labute approximate surface area is 184 Å². The van der Waals surface area contributed by atoms with Crippen LogP contribution in [0.2, 0.25) is 0 Å². The van der Waals surface area contributed by atoms with Crippen LogP contribution < -0.4 is 4.90 Å². The molecule has 1 fully saturated rings. The van der Waals surface area contributed by atoms with Gasteiger partial charge in [0.2, 0.25) is 5.91 Å². The van der Waals surface area contributed by atoms with Gasteiger partial charge in [0, 0.05) is 43.2 Å². The van der Waals surface area contributed by atoms with Crippen LogP contribution in [0.15, 0.2) is 36.5 Å². The van der Waals surface area contributed by atoms with E-state index >= 15 is 0 Å². The Hall–Kier alpha value is -2.80. The van der Waals surface area contributed by atoms with Gasteiger partial charge in [-0.15, -0.1) is 0 Å². The highest BCUT2D eigenvalue weighted by Crippen LogP contribution is 2.34. The van der Waals surface area contributed by atoms with Crippen molar-refractivity contribution in [2.45, 2.75) is 45.2 Å². The van der Waals surface area contributed by atoms with E-state index in [4.69, 9.17) is 9.97 Å². The van der Waals surface area contributed by atoms with Crippen molar-refractivity contribution < 1.29 is 4.79 Å². The summed E-state index contributed by atoms with van der Waals surface area (Å²) >= 11 is 0. The third-order valence-electron chi connectivity index (χ3n) is 6.01. The summed E-state index contributed by atoms with van der Waals surface area (Å²) in [4.78, 5) is 33.5. The number of aryl methyl sites for hydroxylation is 1. The number of anilines is 1. The number of carbonyl (C=O) groups is 1. The molecule has 7 heteroatoms. The molecule has 0 bridgehead atoms. The number of likely N-dealkylation sites (N-methyl/N-ethyl adjacent to an activating group) is 1. The lowest BCUT2D eigenvalue weighted by Gasteiger charge is -2.32. The van der Waals surface area contributed by atoms with Gasteiger partial charge < -0.3 is 14.7 Å². The van der Waals surface area contributed by atoms with Crippen molar-refractivity contribution in [1.82, 2.24) is 24.8 Å². The molecular formula is C24H32N6O. The molecule has 7 nitrogen and oxygen atoms in total. The first kappa shape index (κ1) is 21.4. The maximum Gasteiger partial charge on any atom is 0.246 e. The molecule has 164 valence electrons. The maximum absolute atomic E-state index is 12.8. The zero-order chi connectivity index (χ0) is 21.8. The Kier molecular flexibility index (Phi) is 6.61.